The third-order valence-corrected chi connectivity index (χ3v) is 4.67. The van der Waals surface area contributed by atoms with Crippen molar-refractivity contribution in [2.24, 2.45) is 0 Å². The summed E-state index contributed by atoms with van der Waals surface area (Å²) in [5, 5.41) is 2.90. The first-order valence-corrected chi connectivity index (χ1v) is 8.01. The van der Waals surface area contributed by atoms with Crippen molar-refractivity contribution in [3.05, 3.63) is 24.3 Å². The molecule has 23 heavy (non-hydrogen) atoms. The fraction of sp³-hybridized carbons (Fsp3) is 0.529. The molecule has 2 heterocycles. The molecule has 2 saturated heterocycles. The number of methoxy groups -OCH3 is 1. The molecule has 1 atom stereocenters. The minimum absolute atomic E-state index is 0.0176. The van der Waals surface area contributed by atoms with Crippen LogP contribution >= 0.6 is 0 Å². The number of carbonyl (C=O) groups is 2. The number of carbonyl (C=O) groups excluding carboxylic acids is 2. The molecule has 1 N–H and O–H groups in total. The second kappa shape index (κ2) is 6.48. The maximum absolute atomic E-state index is 12.6. The molecule has 0 aliphatic carbocycles. The third-order valence-electron chi connectivity index (χ3n) is 4.67. The van der Waals surface area contributed by atoms with Crippen LogP contribution in [0.3, 0.4) is 0 Å². The number of benzene rings is 1. The molecule has 124 valence electrons. The molecule has 1 aromatic rings. The van der Waals surface area contributed by atoms with E-state index in [1.54, 1.807) is 24.1 Å². The van der Waals surface area contributed by atoms with Crippen LogP contribution in [0.1, 0.15) is 25.7 Å². The van der Waals surface area contributed by atoms with Gasteiger partial charge in [0.1, 0.15) is 17.0 Å². The predicted octanol–water partition coefficient (Wildman–Crippen LogP) is 1.35. The van der Waals surface area contributed by atoms with E-state index in [2.05, 4.69) is 5.32 Å². The van der Waals surface area contributed by atoms with Crippen molar-refractivity contribution in [3.63, 3.8) is 0 Å². The highest BCUT2D eigenvalue weighted by atomic mass is 16.5. The molecule has 1 spiro atoms. The average Bonchev–Trinajstić information content (AvgIpc) is 3.00. The smallest absolute Gasteiger partial charge is 0.261 e. The Kier molecular flexibility index (Phi) is 4.41. The van der Waals surface area contributed by atoms with Crippen molar-refractivity contribution >= 4 is 11.8 Å². The largest absolute Gasteiger partial charge is 0.497 e. The lowest BCUT2D eigenvalue weighted by atomic mass is 9.86. The molecule has 6 nitrogen and oxygen atoms in total. The van der Waals surface area contributed by atoms with Crippen LogP contribution in [0.2, 0.25) is 0 Å². The van der Waals surface area contributed by atoms with Gasteiger partial charge in [-0.1, -0.05) is 6.07 Å². The lowest BCUT2D eigenvalue weighted by Gasteiger charge is -2.40. The minimum Gasteiger partial charge on any atom is -0.497 e. The molecule has 6 heteroatoms. The molecule has 0 bridgehead atoms. The van der Waals surface area contributed by atoms with Crippen LogP contribution in [0, 0.1) is 0 Å². The number of hydrogen-bond donors (Lipinski definition) is 1. The van der Waals surface area contributed by atoms with E-state index in [4.69, 9.17) is 9.47 Å². The highest BCUT2D eigenvalue weighted by Gasteiger charge is 2.50. The van der Waals surface area contributed by atoms with Gasteiger partial charge in [0.2, 0.25) is 5.91 Å². The van der Waals surface area contributed by atoms with Gasteiger partial charge < -0.3 is 19.7 Å². The van der Waals surface area contributed by atoms with Crippen LogP contribution in [0.4, 0.5) is 0 Å². The summed E-state index contributed by atoms with van der Waals surface area (Å²) < 4.78 is 10.7. The molecular formula is C17H22N2O4. The SMILES string of the molecule is COc1cccc(OCC(=O)N2CCCC23CCCNC3=O)c1. The van der Waals surface area contributed by atoms with Gasteiger partial charge in [-0.15, -0.1) is 0 Å². The second-order valence-electron chi connectivity index (χ2n) is 6.01. The van der Waals surface area contributed by atoms with E-state index in [9.17, 15) is 9.59 Å². The van der Waals surface area contributed by atoms with E-state index in [0.717, 1.165) is 25.7 Å². The number of amides is 2. The molecule has 2 aliphatic rings. The van der Waals surface area contributed by atoms with E-state index in [1.165, 1.54) is 0 Å². The summed E-state index contributed by atoms with van der Waals surface area (Å²) in [6.07, 6.45) is 3.25. The number of ether oxygens (including phenoxy) is 2. The number of nitrogens with zero attached hydrogens (tertiary/aromatic N) is 1. The Labute approximate surface area is 135 Å². The molecule has 0 saturated carbocycles. The van der Waals surface area contributed by atoms with Crippen molar-refractivity contribution in [2.75, 3.05) is 26.8 Å². The van der Waals surface area contributed by atoms with Crippen LogP contribution < -0.4 is 14.8 Å². The maximum Gasteiger partial charge on any atom is 0.261 e. The molecule has 2 fully saturated rings. The fourth-order valence-electron chi connectivity index (χ4n) is 3.51. The van der Waals surface area contributed by atoms with Gasteiger partial charge in [-0.3, -0.25) is 9.59 Å². The van der Waals surface area contributed by atoms with Gasteiger partial charge in [0.15, 0.2) is 6.61 Å². The summed E-state index contributed by atoms with van der Waals surface area (Å²) in [6, 6.07) is 7.14. The second-order valence-corrected chi connectivity index (χ2v) is 6.01. The average molecular weight is 318 g/mol. The van der Waals surface area contributed by atoms with Crippen molar-refractivity contribution in [2.45, 2.75) is 31.2 Å². The molecule has 3 rings (SSSR count). The van der Waals surface area contributed by atoms with Crippen molar-refractivity contribution < 1.29 is 19.1 Å². The lowest BCUT2D eigenvalue weighted by Crippen LogP contribution is -2.60. The zero-order valence-electron chi connectivity index (χ0n) is 13.3. The Morgan fingerprint density at radius 3 is 2.87 bits per heavy atom. The van der Waals surface area contributed by atoms with E-state index < -0.39 is 5.54 Å². The van der Waals surface area contributed by atoms with Gasteiger partial charge in [0.05, 0.1) is 7.11 Å². The quantitative estimate of drug-likeness (QED) is 0.910. The third kappa shape index (κ3) is 2.98. The Morgan fingerprint density at radius 1 is 1.30 bits per heavy atom. The first-order valence-electron chi connectivity index (χ1n) is 8.01. The van der Waals surface area contributed by atoms with Crippen LogP contribution in [-0.4, -0.2) is 49.1 Å². The highest BCUT2D eigenvalue weighted by molar-refractivity contribution is 5.93. The topological polar surface area (TPSA) is 67.9 Å². The van der Waals surface area contributed by atoms with E-state index in [1.807, 2.05) is 12.1 Å². The summed E-state index contributed by atoms with van der Waals surface area (Å²) in [7, 11) is 1.58. The number of hydrogen-bond acceptors (Lipinski definition) is 4. The van der Waals surface area contributed by atoms with Crippen LogP contribution in [0.5, 0.6) is 11.5 Å². The number of nitrogens with one attached hydrogen (secondary N) is 1. The van der Waals surface area contributed by atoms with Crippen molar-refractivity contribution in [3.8, 4) is 11.5 Å². The molecule has 0 aromatic heterocycles. The molecule has 1 aromatic carbocycles. The fourth-order valence-corrected chi connectivity index (χ4v) is 3.51. The van der Waals surface area contributed by atoms with E-state index in [-0.39, 0.29) is 18.4 Å². The van der Waals surface area contributed by atoms with Crippen LogP contribution in [0.25, 0.3) is 0 Å². The Morgan fingerprint density at radius 2 is 2.09 bits per heavy atom. The number of likely N-dealkylation sites (tertiary alicyclic amines) is 1. The van der Waals surface area contributed by atoms with Crippen LogP contribution in [-0.2, 0) is 9.59 Å². The van der Waals surface area contributed by atoms with Gasteiger partial charge in [0, 0.05) is 19.2 Å². The van der Waals surface area contributed by atoms with Gasteiger partial charge in [-0.2, -0.15) is 0 Å². The zero-order valence-corrected chi connectivity index (χ0v) is 13.3. The summed E-state index contributed by atoms with van der Waals surface area (Å²) in [6.45, 7) is 1.25. The predicted molar refractivity (Wildman–Crippen MR) is 84.4 cm³/mol. The minimum atomic E-state index is -0.660. The monoisotopic (exact) mass is 318 g/mol. The van der Waals surface area contributed by atoms with Crippen LogP contribution in [0.15, 0.2) is 24.3 Å². The van der Waals surface area contributed by atoms with Crippen molar-refractivity contribution in [1.82, 2.24) is 10.2 Å². The molecule has 1 unspecified atom stereocenters. The first kappa shape index (κ1) is 15.6. The molecular weight excluding hydrogens is 296 g/mol. The van der Waals surface area contributed by atoms with Gasteiger partial charge in [-0.25, -0.2) is 0 Å². The summed E-state index contributed by atoms with van der Waals surface area (Å²) in [5.41, 5.74) is -0.660. The summed E-state index contributed by atoms with van der Waals surface area (Å²) in [4.78, 5) is 26.6. The maximum atomic E-state index is 12.6. The standard InChI is InChI=1S/C17H22N2O4/c1-22-13-5-2-6-14(11-13)23-12-15(20)19-10-4-8-17(19)7-3-9-18-16(17)21/h2,5-6,11H,3-4,7-10,12H2,1H3,(H,18,21). The summed E-state index contributed by atoms with van der Waals surface area (Å²) >= 11 is 0. The van der Waals surface area contributed by atoms with Gasteiger partial charge >= 0.3 is 0 Å². The lowest BCUT2D eigenvalue weighted by molar-refractivity contribution is -0.148. The van der Waals surface area contributed by atoms with E-state index in [0.29, 0.717) is 24.6 Å². The number of piperidine rings is 1. The zero-order chi connectivity index (χ0) is 16.3. The Balaban J connectivity index is 1.66. The van der Waals surface area contributed by atoms with E-state index >= 15 is 0 Å². The summed E-state index contributed by atoms with van der Waals surface area (Å²) in [5.74, 6) is 1.11. The first-order chi connectivity index (χ1) is 11.2. The molecule has 2 aliphatic heterocycles. The normalized spacial score (nSPS) is 23.7. The number of rotatable bonds is 4. The van der Waals surface area contributed by atoms with Crippen molar-refractivity contribution in [1.29, 1.82) is 0 Å². The molecule has 2 amide bonds. The van der Waals surface area contributed by atoms with Gasteiger partial charge in [-0.05, 0) is 37.8 Å². The Hall–Kier alpha value is -2.24. The highest BCUT2D eigenvalue weighted by Crippen LogP contribution is 2.35. The molecule has 0 radical (unpaired) electrons. The Bertz CT molecular complexity index is 604. The van der Waals surface area contributed by atoms with Gasteiger partial charge in [0.25, 0.3) is 5.91 Å².